The normalized spacial score (nSPS) is 26.8. The molecular weight excluding hydrogens is 548 g/mol. The van der Waals surface area contributed by atoms with Crippen LogP contribution >= 0.6 is 7.75 Å². The number of rotatable bonds is 10. The van der Waals surface area contributed by atoms with Crippen LogP contribution in [0.4, 0.5) is 4.39 Å². The Morgan fingerprint density at radius 3 is 2.60 bits per heavy atom. The Bertz CT molecular complexity index is 1470. The number of aliphatic hydroxyl groups excluding tert-OH is 2. The van der Waals surface area contributed by atoms with Crippen molar-refractivity contribution in [2.75, 3.05) is 6.61 Å². The average molecular weight is 578 g/mol. The summed E-state index contributed by atoms with van der Waals surface area (Å²) in [5, 5.41) is 38.1. The summed E-state index contributed by atoms with van der Waals surface area (Å²) in [6.07, 6.45) is -3.70. The van der Waals surface area contributed by atoms with Gasteiger partial charge in [0.1, 0.15) is 43.0 Å². The zero-order valence-corrected chi connectivity index (χ0v) is 23.0. The summed E-state index contributed by atoms with van der Waals surface area (Å²) >= 11 is 0. The first-order chi connectivity index (χ1) is 18.8. The van der Waals surface area contributed by atoms with Crippen LogP contribution in [0, 0.1) is 18.3 Å². The molecule has 0 aliphatic carbocycles. The molecule has 1 aromatic carbocycles. The van der Waals surface area contributed by atoms with Gasteiger partial charge in [0.25, 0.3) is 5.85 Å². The fourth-order valence-corrected chi connectivity index (χ4v) is 5.66. The van der Waals surface area contributed by atoms with Gasteiger partial charge in [-0.3, -0.25) is 9.32 Å². The highest BCUT2D eigenvalue weighted by atomic mass is 31.2. The van der Waals surface area contributed by atoms with Crippen LogP contribution in [0.3, 0.4) is 0 Å². The van der Waals surface area contributed by atoms with E-state index in [1.807, 2.05) is 0 Å². The number of aryl methyl sites for hydroxylation is 1. The van der Waals surface area contributed by atoms with E-state index in [0.717, 1.165) is 0 Å². The lowest BCUT2D eigenvalue weighted by Gasteiger charge is -2.28. The number of nitrogens with zero attached hydrogens (tertiary/aromatic N) is 4. The molecule has 3 N–H and O–H groups in total. The lowest BCUT2D eigenvalue weighted by Crippen LogP contribution is -2.44. The molecule has 0 amide bonds. The summed E-state index contributed by atoms with van der Waals surface area (Å²) in [7, 11) is -4.56. The fourth-order valence-electron chi connectivity index (χ4n) is 4.16. The third kappa shape index (κ3) is 5.57. The van der Waals surface area contributed by atoms with E-state index < -0.39 is 56.1 Å². The van der Waals surface area contributed by atoms with Crippen LogP contribution in [-0.4, -0.2) is 67.6 Å². The Hall–Kier alpha value is -3.44. The molecule has 0 saturated carbocycles. The van der Waals surface area contributed by atoms with Crippen LogP contribution in [0.2, 0.25) is 0 Å². The van der Waals surface area contributed by atoms with Crippen molar-refractivity contribution in [1.29, 1.82) is 5.26 Å². The van der Waals surface area contributed by atoms with E-state index in [9.17, 15) is 24.8 Å². The van der Waals surface area contributed by atoms with Crippen LogP contribution in [-0.2, 0) is 29.0 Å². The van der Waals surface area contributed by atoms with Crippen LogP contribution in [0.1, 0.15) is 32.2 Å². The summed E-state index contributed by atoms with van der Waals surface area (Å²) in [5.41, 5.74) is -1.52. The Balaban J connectivity index is 1.62. The second kappa shape index (κ2) is 11.2. The van der Waals surface area contributed by atoms with Gasteiger partial charge in [0.05, 0.1) is 23.0 Å². The van der Waals surface area contributed by atoms with E-state index in [4.69, 9.17) is 18.5 Å². The maximum Gasteiger partial charge on any atom is 0.459 e. The van der Waals surface area contributed by atoms with Gasteiger partial charge >= 0.3 is 13.7 Å². The maximum absolute atomic E-state index is 16.2. The van der Waals surface area contributed by atoms with Gasteiger partial charge in [-0.25, -0.2) is 18.5 Å². The molecule has 1 unspecified atom stereocenters. The number of aromatic nitrogens is 3. The molecule has 0 radical (unpaired) electrons. The van der Waals surface area contributed by atoms with E-state index in [0.29, 0.717) is 11.2 Å². The van der Waals surface area contributed by atoms with Gasteiger partial charge in [-0.15, -0.1) is 0 Å². The summed E-state index contributed by atoms with van der Waals surface area (Å²) in [6, 6.07) is 11.2. The number of fused-ring (bicyclic) bond motifs is 1. The number of ether oxygens (including phenoxy) is 2. The number of hydrogen-bond acceptors (Lipinski definition) is 11. The van der Waals surface area contributed by atoms with Crippen molar-refractivity contribution < 1.29 is 42.5 Å². The molecule has 1 aliphatic heterocycles. The zero-order chi connectivity index (χ0) is 29.3. The Morgan fingerprint density at radius 2 is 1.95 bits per heavy atom. The van der Waals surface area contributed by atoms with Crippen molar-refractivity contribution in [1.82, 2.24) is 19.7 Å². The Kier molecular flexibility index (Phi) is 8.28. The van der Waals surface area contributed by atoms with Gasteiger partial charge in [-0.1, -0.05) is 18.2 Å². The van der Waals surface area contributed by atoms with E-state index in [1.165, 1.54) is 36.0 Å². The van der Waals surface area contributed by atoms with Crippen LogP contribution in [0.25, 0.3) is 5.52 Å². The topological polar surface area (TPSA) is 178 Å². The second-order valence-electron chi connectivity index (χ2n) is 9.50. The molecule has 2 aromatic heterocycles. The lowest BCUT2D eigenvalue weighted by atomic mass is 9.92. The number of carbonyl (C=O) groups is 1. The Morgan fingerprint density at radius 1 is 1.25 bits per heavy atom. The molecule has 1 saturated heterocycles. The number of hydrogen-bond donors (Lipinski definition) is 3. The van der Waals surface area contributed by atoms with Gasteiger partial charge in [-0.05, 0) is 52.0 Å². The number of nitrogens with one attached hydrogen (secondary N) is 1. The number of para-hydroxylation sites is 1. The Labute approximate surface area is 229 Å². The monoisotopic (exact) mass is 577 g/mol. The largest absolute Gasteiger partial charge is 0.462 e. The molecule has 13 nitrogen and oxygen atoms in total. The standard InChI is InChI=1S/C25H29FN5O8P/c1-15(2)37-23(34)17(4)30-40(35,38-18-8-6-5-7-9-18)36-13-25(26)22(33)21(32)24(12-27,39-25)20-11-10-19-16(3)28-14-29-31(19)20/h5-11,14-15,17,21-22,32-33H,13H2,1-4H3,(H,30,35)/t17-,21-,22+,24+,25-,40?/m1/s1. The molecule has 3 aromatic rings. The second-order valence-corrected chi connectivity index (χ2v) is 11.2. The zero-order valence-electron chi connectivity index (χ0n) is 22.1. The van der Waals surface area contributed by atoms with E-state index in [2.05, 4.69) is 15.2 Å². The van der Waals surface area contributed by atoms with Gasteiger partial charge in [0.15, 0.2) is 0 Å². The van der Waals surface area contributed by atoms with Crippen LogP contribution in [0.15, 0.2) is 48.8 Å². The first kappa shape index (κ1) is 29.5. The minimum atomic E-state index is -4.56. The van der Waals surface area contributed by atoms with Crippen molar-refractivity contribution >= 4 is 19.2 Å². The molecule has 4 rings (SSSR count). The molecule has 214 valence electrons. The average Bonchev–Trinajstić information content (AvgIpc) is 3.43. The number of alkyl halides is 1. The first-order valence-corrected chi connectivity index (χ1v) is 13.8. The molecule has 1 aliphatic rings. The van der Waals surface area contributed by atoms with Gasteiger partial charge in [0.2, 0.25) is 5.60 Å². The number of aliphatic hydroxyl groups is 2. The molecule has 15 heteroatoms. The highest BCUT2D eigenvalue weighted by Gasteiger charge is 2.66. The van der Waals surface area contributed by atoms with Crippen molar-refractivity contribution in [3.63, 3.8) is 0 Å². The van der Waals surface area contributed by atoms with Gasteiger partial charge < -0.3 is 24.2 Å². The molecular formula is C25H29FN5O8P. The third-order valence-electron chi connectivity index (χ3n) is 6.14. The number of nitriles is 1. The van der Waals surface area contributed by atoms with Crippen molar-refractivity contribution in [3.05, 3.63) is 60.2 Å². The maximum atomic E-state index is 16.2. The van der Waals surface area contributed by atoms with E-state index >= 15 is 4.39 Å². The molecule has 0 bridgehead atoms. The molecule has 1 fully saturated rings. The quantitative estimate of drug-likeness (QED) is 0.237. The van der Waals surface area contributed by atoms with Gasteiger partial charge in [-0.2, -0.15) is 15.4 Å². The van der Waals surface area contributed by atoms with Crippen molar-refractivity contribution in [3.8, 4) is 11.8 Å². The molecule has 6 atom stereocenters. The lowest BCUT2D eigenvalue weighted by molar-refractivity contribution is -0.208. The summed E-state index contributed by atoms with van der Waals surface area (Å²) < 4.78 is 52.5. The minimum absolute atomic E-state index is 0.0599. The fraction of sp³-hybridized carbons (Fsp3) is 0.440. The number of carbonyl (C=O) groups excluding carboxylic acids is 1. The van der Waals surface area contributed by atoms with Crippen molar-refractivity contribution in [2.24, 2.45) is 0 Å². The summed E-state index contributed by atoms with van der Waals surface area (Å²) in [4.78, 5) is 16.4. The van der Waals surface area contributed by atoms with Crippen LogP contribution < -0.4 is 9.61 Å². The molecule has 3 heterocycles. The van der Waals surface area contributed by atoms with Crippen LogP contribution in [0.5, 0.6) is 5.75 Å². The predicted octanol–water partition coefficient (Wildman–Crippen LogP) is 2.31. The number of benzene rings is 1. The highest BCUT2D eigenvalue weighted by molar-refractivity contribution is 7.52. The smallest absolute Gasteiger partial charge is 0.459 e. The number of halogens is 1. The number of esters is 1. The first-order valence-electron chi connectivity index (χ1n) is 12.3. The molecule has 40 heavy (non-hydrogen) atoms. The minimum Gasteiger partial charge on any atom is -0.462 e. The van der Waals surface area contributed by atoms with Crippen molar-refractivity contribution in [2.45, 2.75) is 63.5 Å². The predicted molar refractivity (Wildman–Crippen MR) is 136 cm³/mol. The highest BCUT2D eigenvalue weighted by Crippen LogP contribution is 2.50. The SMILES string of the molecule is Cc1ncnn2c([C@]3(C#N)O[C@](F)(COP(=O)(N[C@H](C)C(=O)OC(C)C)Oc4ccccc4)[C@@H](O)[C@H]3O)ccc12. The van der Waals surface area contributed by atoms with E-state index in [-0.39, 0.29) is 11.4 Å². The summed E-state index contributed by atoms with van der Waals surface area (Å²) in [6.45, 7) is 5.01. The van der Waals surface area contributed by atoms with Gasteiger partial charge in [0, 0.05) is 0 Å². The summed E-state index contributed by atoms with van der Waals surface area (Å²) in [5.74, 6) is -3.97. The third-order valence-corrected chi connectivity index (χ3v) is 7.76. The van der Waals surface area contributed by atoms with E-state index in [1.54, 1.807) is 51.1 Å². The molecule has 0 spiro atoms.